The lowest BCUT2D eigenvalue weighted by Crippen LogP contribution is -2.62. The van der Waals surface area contributed by atoms with Gasteiger partial charge in [0.25, 0.3) is 0 Å². The molecule has 0 saturated carbocycles. The Bertz CT molecular complexity index is 955. The van der Waals surface area contributed by atoms with E-state index in [1.165, 1.54) is 4.90 Å². The number of rotatable bonds is 4. The van der Waals surface area contributed by atoms with Crippen molar-refractivity contribution in [2.24, 2.45) is 0 Å². The van der Waals surface area contributed by atoms with Crippen molar-refractivity contribution < 1.29 is 41.7 Å². The number of piperidine rings is 1. The predicted octanol–water partition coefficient (Wildman–Crippen LogP) is 4.11. The third kappa shape index (κ3) is 4.81. The maximum atomic E-state index is 14.7. The lowest BCUT2D eigenvalue weighted by Gasteiger charge is -2.51. The molecule has 32 heavy (non-hydrogen) atoms. The van der Waals surface area contributed by atoms with Crippen LogP contribution in [0.15, 0.2) is 48.5 Å². The summed E-state index contributed by atoms with van der Waals surface area (Å²) in [5.41, 5.74) is -1.02. The van der Waals surface area contributed by atoms with Gasteiger partial charge in [-0.05, 0) is 17.7 Å². The van der Waals surface area contributed by atoms with Crippen LogP contribution in [0, 0.1) is 5.82 Å². The summed E-state index contributed by atoms with van der Waals surface area (Å²) in [6.45, 7) is 0.322. The van der Waals surface area contributed by atoms with Gasteiger partial charge in [-0.1, -0.05) is 30.3 Å². The molecule has 1 amide bonds. The molecule has 0 radical (unpaired) electrons. The van der Waals surface area contributed by atoms with Crippen LogP contribution in [-0.4, -0.2) is 47.8 Å². The number of benzene rings is 2. The zero-order valence-corrected chi connectivity index (χ0v) is 16.8. The van der Waals surface area contributed by atoms with Crippen LogP contribution >= 0.6 is 0 Å². The Labute approximate surface area is 181 Å². The first-order valence-electron chi connectivity index (χ1n) is 9.99. The van der Waals surface area contributed by atoms with E-state index in [-0.39, 0.29) is 38.2 Å². The largest absolute Gasteiger partial charge is 0.573 e. The Hall–Kier alpha value is -2.85. The van der Waals surface area contributed by atoms with E-state index in [2.05, 4.69) is 4.74 Å². The van der Waals surface area contributed by atoms with Crippen LogP contribution in [0.4, 0.5) is 22.4 Å². The smallest absolute Gasteiger partial charge is 0.445 e. The average molecular weight is 455 g/mol. The van der Waals surface area contributed by atoms with Crippen LogP contribution in [0.1, 0.15) is 24.0 Å². The van der Waals surface area contributed by atoms with E-state index in [1.807, 2.05) is 30.3 Å². The van der Waals surface area contributed by atoms with Gasteiger partial charge >= 0.3 is 12.5 Å². The van der Waals surface area contributed by atoms with Gasteiger partial charge in [0.05, 0.1) is 30.9 Å². The number of hydrogen-bond acceptors (Lipinski definition) is 5. The lowest BCUT2D eigenvalue weighted by atomic mass is 9.77. The first-order valence-corrected chi connectivity index (χ1v) is 9.99. The molecule has 2 aromatic rings. The molecule has 2 aromatic carbocycles. The van der Waals surface area contributed by atoms with Crippen molar-refractivity contribution in [3.05, 3.63) is 65.5 Å². The average Bonchev–Trinajstić information content (AvgIpc) is 2.71. The van der Waals surface area contributed by atoms with Crippen molar-refractivity contribution in [3.8, 4) is 5.75 Å². The van der Waals surface area contributed by atoms with Gasteiger partial charge in [0, 0.05) is 24.5 Å². The number of nitrogens with zero attached hydrogens (tertiary/aromatic N) is 1. The molecule has 2 fully saturated rings. The van der Waals surface area contributed by atoms with E-state index < -0.39 is 41.7 Å². The van der Waals surface area contributed by atoms with E-state index in [0.717, 1.165) is 17.7 Å². The number of hydrogen-bond donors (Lipinski definition) is 1. The van der Waals surface area contributed by atoms with Gasteiger partial charge in [-0.2, -0.15) is 0 Å². The normalized spacial score (nSPS) is 25.3. The highest BCUT2D eigenvalue weighted by atomic mass is 19.4. The number of halogens is 4. The third-order valence-corrected chi connectivity index (χ3v) is 5.65. The Morgan fingerprint density at radius 2 is 1.78 bits per heavy atom. The fourth-order valence-corrected chi connectivity index (χ4v) is 4.36. The molecule has 2 atom stereocenters. The number of fused-ring (bicyclic) bond motifs is 2. The summed E-state index contributed by atoms with van der Waals surface area (Å²) in [5, 5.41) is 11.2. The van der Waals surface area contributed by atoms with Crippen molar-refractivity contribution in [2.75, 3.05) is 13.2 Å². The van der Waals surface area contributed by atoms with Crippen LogP contribution < -0.4 is 4.74 Å². The van der Waals surface area contributed by atoms with Gasteiger partial charge in [-0.3, -0.25) is 4.90 Å². The van der Waals surface area contributed by atoms with E-state index in [1.54, 1.807) is 0 Å². The maximum Gasteiger partial charge on any atom is 0.573 e. The Balaban J connectivity index is 1.49. The van der Waals surface area contributed by atoms with Gasteiger partial charge < -0.3 is 19.3 Å². The molecule has 2 unspecified atom stereocenters. The van der Waals surface area contributed by atoms with Crippen LogP contribution in [0.3, 0.4) is 0 Å². The summed E-state index contributed by atoms with van der Waals surface area (Å²) in [4.78, 5) is 14.2. The quantitative estimate of drug-likeness (QED) is 0.703. The molecule has 2 aliphatic heterocycles. The van der Waals surface area contributed by atoms with Gasteiger partial charge in [-0.25, -0.2) is 9.18 Å². The summed E-state index contributed by atoms with van der Waals surface area (Å²) < 4.78 is 66.5. The first-order chi connectivity index (χ1) is 15.1. The molecule has 172 valence electrons. The summed E-state index contributed by atoms with van der Waals surface area (Å²) >= 11 is 0. The van der Waals surface area contributed by atoms with E-state index in [0.29, 0.717) is 6.07 Å². The van der Waals surface area contributed by atoms with Gasteiger partial charge in [0.15, 0.2) is 0 Å². The molecule has 4 rings (SSSR count). The van der Waals surface area contributed by atoms with Gasteiger partial charge in [-0.15, -0.1) is 13.2 Å². The van der Waals surface area contributed by atoms with Crippen molar-refractivity contribution in [3.63, 3.8) is 0 Å². The van der Waals surface area contributed by atoms with E-state index >= 15 is 0 Å². The summed E-state index contributed by atoms with van der Waals surface area (Å²) in [6, 6.07) is 10.6. The molecule has 2 heterocycles. The molecule has 0 aliphatic carbocycles. The minimum Gasteiger partial charge on any atom is -0.445 e. The zero-order valence-electron chi connectivity index (χ0n) is 16.8. The van der Waals surface area contributed by atoms with Gasteiger partial charge in [0.1, 0.15) is 18.2 Å². The first kappa shape index (κ1) is 22.3. The molecule has 2 aliphatic rings. The summed E-state index contributed by atoms with van der Waals surface area (Å²) in [6.07, 6.45) is -5.63. The van der Waals surface area contributed by atoms with E-state index in [4.69, 9.17) is 9.47 Å². The second-order valence-corrected chi connectivity index (χ2v) is 7.92. The highest BCUT2D eigenvalue weighted by molar-refractivity contribution is 5.69. The number of carbonyl (C=O) groups is 1. The predicted molar refractivity (Wildman–Crippen MR) is 103 cm³/mol. The number of ether oxygens (including phenoxy) is 3. The molecule has 1 N–H and O–H groups in total. The molecule has 0 spiro atoms. The van der Waals surface area contributed by atoms with Crippen molar-refractivity contribution >= 4 is 6.09 Å². The second-order valence-electron chi connectivity index (χ2n) is 7.92. The third-order valence-electron chi connectivity index (χ3n) is 5.65. The summed E-state index contributed by atoms with van der Waals surface area (Å²) in [5.74, 6) is -1.74. The number of morpholine rings is 1. The maximum absolute atomic E-state index is 14.7. The highest BCUT2D eigenvalue weighted by Gasteiger charge is 2.50. The second kappa shape index (κ2) is 8.59. The van der Waals surface area contributed by atoms with Crippen molar-refractivity contribution in [1.29, 1.82) is 0 Å². The molecular weight excluding hydrogens is 434 g/mol. The van der Waals surface area contributed by atoms with Crippen molar-refractivity contribution in [1.82, 2.24) is 4.90 Å². The van der Waals surface area contributed by atoms with Crippen LogP contribution in [-0.2, 0) is 21.7 Å². The van der Waals surface area contributed by atoms with Crippen LogP contribution in [0.25, 0.3) is 0 Å². The molecule has 2 saturated heterocycles. The highest BCUT2D eigenvalue weighted by Crippen LogP contribution is 2.43. The van der Waals surface area contributed by atoms with Crippen LogP contribution in [0.2, 0.25) is 0 Å². The molecule has 6 nitrogen and oxygen atoms in total. The Morgan fingerprint density at radius 3 is 2.38 bits per heavy atom. The zero-order chi connectivity index (χ0) is 22.9. The molecule has 0 aromatic heterocycles. The Morgan fingerprint density at radius 1 is 1.12 bits per heavy atom. The molecular formula is C22H21F4NO5. The Kier molecular flexibility index (Phi) is 6.00. The topological polar surface area (TPSA) is 68.2 Å². The standard InChI is InChI=1S/C22H21F4NO5/c23-19-8-17(32-22(24,25)26)6-7-18(19)21(29)9-15-12-30-13-16(10-21)27(15)20(28)31-11-14-4-2-1-3-5-14/h1-8,15-16,29H,9-13H2. The molecule has 2 bridgehead atoms. The number of alkyl halides is 3. The van der Waals surface area contributed by atoms with E-state index in [9.17, 15) is 27.5 Å². The fraction of sp³-hybridized carbons (Fsp3) is 0.409. The minimum absolute atomic E-state index is 0.0552. The van der Waals surface area contributed by atoms with Crippen molar-refractivity contribution in [2.45, 2.75) is 43.5 Å². The SMILES string of the molecule is O=C(OCc1ccccc1)N1C2COCC1CC(O)(c1ccc(OC(F)(F)F)cc1F)C2. The minimum atomic E-state index is -4.95. The molecule has 10 heteroatoms. The van der Waals surface area contributed by atoms with Gasteiger partial charge in [0.2, 0.25) is 0 Å². The summed E-state index contributed by atoms with van der Waals surface area (Å²) in [7, 11) is 0. The lowest BCUT2D eigenvalue weighted by molar-refractivity contribution is -0.274. The number of carbonyl (C=O) groups excluding carboxylic acids is 1. The fourth-order valence-electron chi connectivity index (χ4n) is 4.36. The number of aliphatic hydroxyl groups is 1. The van der Waals surface area contributed by atoms with Crippen LogP contribution in [0.5, 0.6) is 5.75 Å². The monoisotopic (exact) mass is 455 g/mol. The number of amides is 1.